The van der Waals surface area contributed by atoms with Gasteiger partial charge in [0.25, 0.3) is 0 Å². The molecule has 19 heavy (non-hydrogen) atoms. The van der Waals surface area contributed by atoms with Crippen molar-refractivity contribution in [1.29, 1.82) is 0 Å². The molecule has 1 fully saturated rings. The first-order valence-electron chi connectivity index (χ1n) is 6.23. The summed E-state index contributed by atoms with van der Waals surface area (Å²) in [5.74, 6) is 1.04. The smallest absolute Gasteiger partial charge is 0.233 e. The number of hydrogen-bond acceptors (Lipinski definition) is 4. The van der Waals surface area contributed by atoms with Gasteiger partial charge in [0.1, 0.15) is 0 Å². The van der Waals surface area contributed by atoms with E-state index in [1.807, 2.05) is 0 Å². The average Bonchev–Trinajstić information content (AvgIpc) is 2.32. The summed E-state index contributed by atoms with van der Waals surface area (Å²) in [5.41, 5.74) is 6.65. The Hall–Kier alpha value is -1.93. The van der Waals surface area contributed by atoms with E-state index in [0.29, 0.717) is 28.9 Å². The summed E-state index contributed by atoms with van der Waals surface area (Å²) in [6.45, 7) is 7.21. The van der Waals surface area contributed by atoms with Gasteiger partial charge in [-0.05, 0) is 33.0 Å². The molecule has 0 heterocycles. The van der Waals surface area contributed by atoms with Crippen molar-refractivity contribution in [1.82, 2.24) is 4.90 Å². The third kappa shape index (κ3) is 2.74. The number of benzene rings is 1. The van der Waals surface area contributed by atoms with Crippen LogP contribution < -0.4 is 15.2 Å². The number of anilines is 1. The molecule has 0 spiro atoms. The van der Waals surface area contributed by atoms with Crippen molar-refractivity contribution in [2.45, 2.75) is 25.0 Å². The maximum Gasteiger partial charge on any atom is 0.233 e. The molecular formula is C14H19N3O2. The Kier molecular flexibility index (Phi) is 3.82. The highest BCUT2D eigenvalue weighted by molar-refractivity contribution is 5.70. The molecule has 5 nitrogen and oxygen atoms in total. The van der Waals surface area contributed by atoms with E-state index in [1.165, 1.54) is 0 Å². The first kappa shape index (κ1) is 13.5. The fourth-order valence-electron chi connectivity index (χ4n) is 2.18. The van der Waals surface area contributed by atoms with Gasteiger partial charge in [-0.1, -0.05) is 0 Å². The predicted octanol–water partition coefficient (Wildman–Crippen LogP) is 2.30. The van der Waals surface area contributed by atoms with Crippen LogP contribution in [0.2, 0.25) is 0 Å². The Balaban J connectivity index is 2.15. The molecule has 1 aromatic carbocycles. The molecule has 0 aliphatic heterocycles. The minimum atomic E-state index is 0.144. The molecule has 5 heteroatoms. The highest BCUT2D eigenvalue weighted by atomic mass is 16.5. The lowest BCUT2D eigenvalue weighted by Crippen LogP contribution is -2.46. The van der Waals surface area contributed by atoms with Gasteiger partial charge in [0, 0.05) is 17.8 Å². The van der Waals surface area contributed by atoms with Gasteiger partial charge in [0.2, 0.25) is 5.69 Å². The number of nitrogens with two attached hydrogens (primary N) is 1. The Labute approximate surface area is 113 Å². The van der Waals surface area contributed by atoms with E-state index in [1.54, 1.807) is 19.2 Å². The molecule has 0 atom stereocenters. The number of methoxy groups -OCH3 is 1. The monoisotopic (exact) mass is 261 g/mol. The molecule has 2 rings (SSSR count). The van der Waals surface area contributed by atoms with E-state index in [-0.39, 0.29) is 6.10 Å². The van der Waals surface area contributed by atoms with Crippen molar-refractivity contribution >= 4 is 11.4 Å². The van der Waals surface area contributed by atoms with Crippen LogP contribution in [0.4, 0.5) is 11.4 Å². The largest absolute Gasteiger partial charge is 0.497 e. The van der Waals surface area contributed by atoms with Crippen LogP contribution in [0, 0.1) is 6.57 Å². The fourth-order valence-corrected chi connectivity index (χ4v) is 2.18. The van der Waals surface area contributed by atoms with Crippen LogP contribution in [-0.2, 0) is 0 Å². The third-order valence-corrected chi connectivity index (χ3v) is 3.48. The zero-order valence-electron chi connectivity index (χ0n) is 11.5. The van der Waals surface area contributed by atoms with E-state index < -0.39 is 0 Å². The Morgan fingerprint density at radius 2 is 2.05 bits per heavy atom. The Morgan fingerprint density at radius 1 is 1.37 bits per heavy atom. The van der Waals surface area contributed by atoms with Crippen molar-refractivity contribution in [3.05, 3.63) is 23.5 Å². The molecule has 0 bridgehead atoms. The zero-order chi connectivity index (χ0) is 14.0. The van der Waals surface area contributed by atoms with E-state index in [0.717, 1.165) is 12.8 Å². The first-order valence-corrected chi connectivity index (χ1v) is 6.23. The van der Waals surface area contributed by atoms with Crippen molar-refractivity contribution < 1.29 is 9.47 Å². The lowest BCUT2D eigenvalue weighted by Gasteiger charge is -2.39. The maximum absolute atomic E-state index is 7.21. The number of hydrogen-bond donors (Lipinski definition) is 1. The van der Waals surface area contributed by atoms with Gasteiger partial charge in [0.15, 0.2) is 11.5 Å². The molecule has 102 valence electrons. The van der Waals surface area contributed by atoms with E-state index in [4.69, 9.17) is 21.8 Å². The standard InChI is InChI=1S/C14H19N3O2/c1-16-12-5-9(15)6-13(18-4)14(12)19-11-7-10(8-11)17(2)3/h5-6,10-11H,7-8,15H2,2-4H3. The molecule has 2 N–H and O–H groups in total. The van der Waals surface area contributed by atoms with E-state index in [9.17, 15) is 0 Å². The lowest BCUT2D eigenvalue weighted by molar-refractivity contribution is 0.0389. The minimum Gasteiger partial charge on any atom is -0.497 e. The van der Waals surface area contributed by atoms with Gasteiger partial charge in [-0.2, -0.15) is 0 Å². The predicted molar refractivity (Wildman–Crippen MR) is 74.8 cm³/mol. The molecule has 1 saturated carbocycles. The van der Waals surface area contributed by atoms with E-state index >= 15 is 0 Å². The van der Waals surface area contributed by atoms with Gasteiger partial charge < -0.3 is 20.1 Å². The third-order valence-electron chi connectivity index (χ3n) is 3.48. The number of rotatable bonds is 4. The topological polar surface area (TPSA) is 52.1 Å². The fraction of sp³-hybridized carbons (Fsp3) is 0.500. The van der Waals surface area contributed by atoms with Crippen LogP contribution >= 0.6 is 0 Å². The van der Waals surface area contributed by atoms with Crippen LogP contribution in [0.25, 0.3) is 4.85 Å². The normalized spacial score (nSPS) is 21.6. The van der Waals surface area contributed by atoms with Gasteiger partial charge in [-0.3, -0.25) is 0 Å². The molecule has 0 saturated heterocycles. The summed E-state index contributed by atoms with van der Waals surface area (Å²) in [6, 6.07) is 3.86. The maximum atomic E-state index is 7.21. The molecule has 0 aromatic heterocycles. The lowest BCUT2D eigenvalue weighted by atomic mass is 9.88. The summed E-state index contributed by atoms with van der Waals surface area (Å²) in [5, 5.41) is 0. The number of nitrogen functional groups attached to an aromatic ring is 1. The summed E-state index contributed by atoms with van der Waals surface area (Å²) in [6.07, 6.45) is 2.08. The average molecular weight is 261 g/mol. The van der Waals surface area contributed by atoms with Gasteiger partial charge >= 0.3 is 0 Å². The Morgan fingerprint density at radius 3 is 2.58 bits per heavy atom. The van der Waals surface area contributed by atoms with Gasteiger partial charge in [-0.15, -0.1) is 0 Å². The van der Waals surface area contributed by atoms with Crippen LogP contribution in [0.3, 0.4) is 0 Å². The molecule has 1 aromatic rings. The molecule has 0 radical (unpaired) electrons. The van der Waals surface area contributed by atoms with Crippen LogP contribution in [0.5, 0.6) is 11.5 Å². The van der Waals surface area contributed by atoms with Crippen LogP contribution in [0.1, 0.15) is 12.8 Å². The van der Waals surface area contributed by atoms with Crippen molar-refractivity contribution in [2.24, 2.45) is 0 Å². The number of ether oxygens (including phenoxy) is 2. The second-order valence-corrected chi connectivity index (χ2v) is 5.01. The number of nitrogens with zero attached hydrogens (tertiary/aromatic N) is 2. The van der Waals surface area contributed by atoms with Crippen molar-refractivity contribution in [3.63, 3.8) is 0 Å². The van der Waals surface area contributed by atoms with Crippen molar-refractivity contribution in [2.75, 3.05) is 26.9 Å². The molecule has 1 aliphatic rings. The molecular weight excluding hydrogens is 242 g/mol. The highest BCUT2D eigenvalue weighted by Gasteiger charge is 2.33. The van der Waals surface area contributed by atoms with Gasteiger partial charge in [0.05, 0.1) is 19.8 Å². The van der Waals surface area contributed by atoms with Crippen LogP contribution in [0.15, 0.2) is 12.1 Å². The van der Waals surface area contributed by atoms with Gasteiger partial charge in [-0.25, -0.2) is 4.85 Å². The minimum absolute atomic E-state index is 0.144. The highest BCUT2D eigenvalue weighted by Crippen LogP contribution is 2.42. The van der Waals surface area contributed by atoms with E-state index in [2.05, 4.69) is 23.8 Å². The zero-order valence-corrected chi connectivity index (χ0v) is 11.5. The molecule has 0 unspecified atom stereocenters. The van der Waals surface area contributed by atoms with Crippen molar-refractivity contribution in [3.8, 4) is 11.5 Å². The first-order chi connectivity index (χ1) is 9.05. The summed E-state index contributed by atoms with van der Waals surface area (Å²) < 4.78 is 11.2. The SMILES string of the molecule is [C-]#[N+]c1cc(N)cc(OC)c1OC1CC(N(C)C)C1. The summed E-state index contributed by atoms with van der Waals surface area (Å²) in [7, 11) is 5.68. The Bertz CT molecular complexity index is 502. The van der Waals surface area contributed by atoms with Crippen LogP contribution in [-0.4, -0.2) is 38.3 Å². The second-order valence-electron chi connectivity index (χ2n) is 5.01. The molecule has 1 aliphatic carbocycles. The molecule has 0 amide bonds. The summed E-state index contributed by atoms with van der Waals surface area (Å²) >= 11 is 0. The quantitative estimate of drug-likeness (QED) is 0.667. The second kappa shape index (κ2) is 5.37. The summed E-state index contributed by atoms with van der Waals surface area (Å²) in [4.78, 5) is 5.65.